The van der Waals surface area contributed by atoms with Gasteiger partial charge in [-0.1, -0.05) is 20.8 Å². The van der Waals surface area contributed by atoms with Gasteiger partial charge in [0.2, 0.25) is 0 Å². The van der Waals surface area contributed by atoms with Crippen molar-refractivity contribution in [1.29, 1.82) is 0 Å². The molecule has 0 heterocycles. The Morgan fingerprint density at radius 2 is 1.69 bits per heavy atom. The molecule has 1 atom stereocenters. The van der Waals surface area contributed by atoms with Gasteiger partial charge in [-0.2, -0.15) is 0 Å². The second-order valence-electron chi connectivity index (χ2n) is 3.71. The zero-order valence-electron chi connectivity index (χ0n) is 8.79. The monoisotopic (exact) mass is 186 g/mol. The van der Waals surface area contributed by atoms with Gasteiger partial charge in [0.05, 0.1) is 7.11 Å². The maximum atomic E-state index is 11.3. The van der Waals surface area contributed by atoms with E-state index in [2.05, 4.69) is 4.74 Å². The molecule has 0 fully saturated rings. The molecule has 0 aromatic carbocycles. The molecule has 0 aliphatic heterocycles. The molecule has 0 bridgehead atoms. The van der Waals surface area contributed by atoms with E-state index in [4.69, 9.17) is 0 Å². The fraction of sp³-hybridized carbons (Fsp3) is 0.800. The third kappa shape index (κ3) is 5.39. The number of methoxy groups -OCH3 is 1. The van der Waals surface area contributed by atoms with E-state index in [9.17, 15) is 9.59 Å². The summed E-state index contributed by atoms with van der Waals surface area (Å²) < 4.78 is 4.51. The summed E-state index contributed by atoms with van der Waals surface area (Å²) in [6.45, 7) is 5.62. The maximum Gasteiger partial charge on any atom is 0.305 e. The van der Waals surface area contributed by atoms with Crippen molar-refractivity contribution in [2.45, 2.75) is 33.6 Å². The number of carbonyl (C=O) groups is 2. The summed E-state index contributed by atoms with van der Waals surface area (Å²) in [5.41, 5.74) is 0. The fourth-order valence-electron chi connectivity index (χ4n) is 1.02. The number of carbonyl (C=O) groups excluding carboxylic acids is 2. The number of esters is 1. The molecule has 0 amide bonds. The first-order chi connectivity index (χ1) is 5.97. The highest BCUT2D eigenvalue weighted by Crippen LogP contribution is 2.12. The lowest BCUT2D eigenvalue weighted by Gasteiger charge is -2.10. The number of hydrogen-bond acceptors (Lipinski definition) is 3. The summed E-state index contributed by atoms with van der Waals surface area (Å²) in [6, 6.07) is 0. The lowest BCUT2D eigenvalue weighted by Crippen LogP contribution is -2.14. The van der Waals surface area contributed by atoms with Crippen LogP contribution in [0, 0.1) is 11.8 Å². The Hall–Kier alpha value is -0.860. The summed E-state index contributed by atoms with van der Waals surface area (Å²) in [6.07, 6.45) is 0.793. The van der Waals surface area contributed by atoms with Gasteiger partial charge in [-0.3, -0.25) is 9.59 Å². The highest BCUT2D eigenvalue weighted by molar-refractivity contribution is 5.81. The van der Waals surface area contributed by atoms with Crippen LogP contribution >= 0.6 is 0 Å². The number of rotatable bonds is 5. The van der Waals surface area contributed by atoms with E-state index in [0.717, 1.165) is 0 Å². The first-order valence-electron chi connectivity index (χ1n) is 4.56. The van der Waals surface area contributed by atoms with Gasteiger partial charge >= 0.3 is 5.97 Å². The van der Waals surface area contributed by atoms with Crippen LogP contribution in [-0.4, -0.2) is 18.9 Å². The Bertz CT molecular complexity index is 185. The SMILES string of the molecule is COC(=O)C[C@@H](C)CC(=O)C(C)C. The zero-order chi connectivity index (χ0) is 10.4. The molecule has 0 rings (SSSR count). The summed E-state index contributed by atoms with van der Waals surface area (Å²) in [7, 11) is 1.36. The highest BCUT2D eigenvalue weighted by atomic mass is 16.5. The quantitative estimate of drug-likeness (QED) is 0.615. The van der Waals surface area contributed by atoms with Crippen LogP contribution in [0.5, 0.6) is 0 Å². The molecule has 0 spiro atoms. The number of hydrogen-bond donors (Lipinski definition) is 0. The molecule has 0 aromatic rings. The van der Waals surface area contributed by atoms with E-state index in [-0.39, 0.29) is 23.6 Å². The van der Waals surface area contributed by atoms with Crippen molar-refractivity contribution in [3.8, 4) is 0 Å². The summed E-state index contributed by atoms with van der Waals surface area (Å²) >= 11 is 0. The highest BCUT2D eigenvalue weighted by Gasteiger charge is 2.15. The Morgan fingerprint density at radius 3 is 2.08 bits per heavy atom. The Morgan fingerprint density at radius 1 is 1.15 bits per heavy atom. The van der Waals surface area contributed by atoms with Crippen molar-refractivity contribution < 1.29 is 14.3 Å². The van der Waals surface area contributed by atoms with Crippen LogP contribution in [0.2, 0.25) is 0 Å². The van der Waals surface area contributed by atoms with Crippen molar-refractivity contribution in [3.63, 3.8) is 0 Å². The zero-order valence-corrected chi connectivity index (χ0v) is 8.79. The van der Waals surface area contributed by atoms with Gasteiger partial charge in [-0.15, -0.1) is 0 Å². The van der Waals surface area contributed by atoms with Crippen molar-refractivity contribution in [2.75, 3.05) is 7.11 Å². The molecule has 3 nitrogen and oxygen atoms in total. The molecule has 0 radical (unpaired) electrons. The van der Waals surface area contributed by atoms with Crippen LogP contribution in [0.4, 0.5) is 0 Å². The average molecular weight is 186 g/mol. The van der Waals surface area contributed by atoms with E-state index in [1.807, 2.05) is 20.8 Å². The third-order valence-electron chi connectivity index (χ3n) is 1.94. The number of ketones is 1. The molecule has 13 heavy (non-hydrogen) atoms. The van der Waals surface area contributed by atoms with Gasteiger partial charge in [0.15, 0.2) is 0 Å². The van der Waals surface area contributed by atoms with Gasteiger partial charge in [0.25, 0.3) is 0 Å². The molecule has 0 aliphatic rings. The number of Topliss-reactive ketones (excluding diaryl/α,β-unsaturated/α-hetero) is 1. The van der Waals surface area contributed by atoms with Crippen LogP contribution in [0.15, 0.2) is 0 Å². The normalized spacial score (nSPS) is 12.7. The molecule has 0 N–H and O–H groups in total. The fourth-order valence-corrected chi connectivity index (χ4v) is 1.02. The van der Waals surface area contributed by atoms with Crippen molar-refractivity contribution in [2.24, 2.45) is 11.8 Å². The Labute approximate surface area is 79.5 Å². The van der Waals surface area contributed by atoms with Crippen LogP contribution < -0.4 is 0 Å². The second-order valence-corrected chi connectivity index (χ2v) is 3.71. The van der Waals surface area contributed by atoms with Crippen molar-refractivity contribution in [3.05, 3.63) is 0 Å². The van der Waals surface area contributed by atoms with Crippen LogP contribution in [0.3, 0.4) is 0 Å². The number of ether oxygens (including phenoxy) is 1. The topological polar surface area (TPSA) is 43.4 Å². The lowest BCUT2D eigenvalue weighted by atomic mass is 9.96. The molecular formula is C10H18O3. The summed E-state index contributed by atoms with van der Waals surface area (Å²) in [4.78, 5) is 22.1. The van der Waals surface area contributed by atoms with Gasteiger partial charge in [0.1, 0.15) is 5.78 Å². The van der Waals surface area contributed by atoms with Crippen LogP contribution in [0.1, 0.15) is 33.6 Å². The standard InChI is InChI=1S/C10H18O3/c1-7(2)9(11)5-8(3)6-10(12)13-4/h7-8H,5-6H2,1-4H3/t8-/m0/s1. The molecule has 0 saturated carbocycles. The molecule has 0 aromatic heterocycles. The van der Waals surface area contributed by atoms with E-state index >= 15 is 0 Å². The first-order valence-corrected chi connectivity index (χ1v) is 4.56. The van der Waals surface area contributed by atoms with Crippen molar-refractivity contribution in [1.82, 2.24) is 0 Å². The van der Waals surface area contributed by atoms with E-state index < -0.39 is 0 Å². The minimum atomic E-state index is -0.246. The summed E-state index contributed by atoms with van der Waals surface area (Å²) in [5.74, 6) is 0.0999. The minimum Gasteiger partial charge on any atom is -0.469 e. The largest absolute Gasteiger partial charge is 0.469 e. The second kappa shape index (κ2) is 5.73. The summed E-state index contributed by atoms with van der Waals surface area (Å²) in [5, 5.41) is 0. The predicted octanol–water partition coefficient (Wildman–Crippen LogP) is 1.80. The average Bonchev–Trinajstić information content (AvgIpc) is 2.03. The molecule has 76 valence electrons. The smallest absolute Gasteiger partial charge is 0.305 e. The third-order valence-corrected chi connectivity index (χ3v) is 1.94. The molecular weight excluding hydrogens is 168 g/mol. The molecule has 0 aliphatic carbocycles. The maximum absolute atomic E-state index is 11.3. The molecule has 3 heteroatoms. The Kier molecular flexibility index (Phi) is 5.35. The predicted molar refractivity (Wildman–Crippen MR) is 50.3 cm³/mol. The Balaban J connectivity index is 3.80. The molecule has 0 unspecified atom stereocenters. The van der Waals surface area contributed by atoms with Gasteiger partial charge in [-0.05, 0) is 5.92 Å². The van der Waals surface area contributed by atoms with Gasteiger partial charge in [-0.25, -0.2) is 0 Å². The van der Waals surface area contributed by atoms with Crippen LogP contribution in [-0.2, 0) is 14.3 Å². The van der Waals surface area contributed by atoms with E-state index in [0.29, 0.717) is 12.8 Å². The molecule has 0 saturated heterocycles. The first kappa shape index (κ1) is 12.1. The van der Waals surface area contributed by atoms with Crippen LogP contribution in [0.25, 0.3) is 0 Å². The van der Waals surface area contributed by atoms with Gasteiger partial charge < -0.3 is 4.74 Å². The minimum absolute atomic E-state index is 0.0556. The van der Waals surface area contributed by atoms with E-state index in [1.165, 1.54) is 7.11 Å². The van der Waals surface area contributed by atoms with Gasteiger partial charge in [0, 0.05) is 18.8 Å². The van der Waals surface area contributed by atoms with Crippen molar-refractivity contribution >= 4 is 11.8 Å². The van der Waals surface area contributed by atoms with E-state index in [1.54, 1.807) is 0 Å². The lowest BCUT2D eigenvalue weighted by molar-refractivity contribution is -0.141.